The van der Waals surface area contributed by atoms with Crippen LogP contribution in [0.15, 0.2) is 36.4 Å². The minimum absolute atomic E-state index is 0.0737. The summed E-state index contributed by atoms with van der Waals surface area (Å²) in [4.78, 5) is 34.7. The molecule has 0 unspecified atom stereocenters. The average molecular weight is 452 g/mol. The van der Waals surface area contributed by atoms with E-state index in [0.717, 1.165) is 39.9 Å². The fourth-order valence-corrected chi connectivity index (χ4v) is 5.47. The molecule has 3 heterocycles. The Bertz CT molecular complexity index is 1120. The molecule has 4 rings (SSSR count). The lowest BCUT2D eigenvalue weighted by Gasteiger charge is -2.27. The molecule has 6 nitrogen and oxygen atoms in total. The predicted octanol–water partition coefficient (Wildman–Crippen LogP) is 4.91. The van der Waals surface area contributed by atoms with E-state index in [1.54, 1.807) is 4.90 Å². The Labute approximate surface area is 192 Å². The summed E-state index contributed by atoms with van der Waals surface area (Å²) in [6.07, 6.45) is 1.62. The number of thiophene rings is 1. The third-order valence-electron chi connectivity index (χ3n) is 5.82. The van der Waals surface area contributed by atoms with Gasteiger partial charge in [0, 0.05) is 24.2 Å². The van der Waals surface area contributed by atoms with Crippen LogP contribution >= 0.6 is 11.3 Å². The second kappa shape index (κ2) is 9.79. The lowest BCUT2D eigenvalue weighted by Crippen LogP contribution is -2.40. The zero-order valence-corrected chi connectivity index (χ0v) is 19.6. The van der Waals surface area contributed by atoms with Crippen LogP contribution in [0.4, 0.5) is 5.69 Å². The van der Waals surface area contributed by atoms with E-state index >= 15 is 0 Å². The van der Waals surface area contributed by atoms with Crippen LogP contribution in [-0.2, 0) is 9.53 Å². The number of carbonyl (C=O) groups excluding carboxylic acids is 2. The summed E-state index contributed by atoms with van der Waals surface area (Å²) in [6.45, 7) is 8.18. The largest absolute Gasteiger partial charge is 0.378 e. The number of aryl methyl sites for hydroxylation is 2. The SMILES string of the molecule is CCC[C@@H](C(=O)Nc1c(C(=O)N2CCOCC2)sc2nc(C)cc(C)c12)c1ccccc1. The molecule has 1 fully saturated rings. The fourth-order valence-electron chi connectivity index (χ4n) is 4.26. The third-order valence-corrected chi connectivity index (χ3v) is 6.90. The third kappa shape index (κ3) is 4.54. The fraction of sp³-hybridized carbons (Fsp3) is 0.400. The molecule has 168 valence electrons. The van der Waals surface area contributed by atoms with Crippen LogP contribution in [-0.4, -0.2) is 48.0 Å². The number of hydrogen-bond donors (Lipinski definition) is 1. The summed E-state index contributed by atoms with van der Waals surface area (Å²) in [7, 11) is 0. The number of amides is 2. The highest BCUT2D eigenvalue weighted by Gasteiger charge is 2.29. The zero-order chi connectivity index (χ0) is 22.7. The minimum atomic E-state index is -0.277. The van der Waals surface area contributed by atoms with E-state index in [2.05, 4.69) is 17.2 Å². The van der Waals surface area contributed by atoms with Crippen molar-refractivity contribution in [2.45, 2.75) is 39.5 Å². The van der Waals surface area contributed by atoms with Gasteiger partial charge in [-0.15, -0.1) is 11.3 Å². The Morgan fingerprint density at radius 3 is 2.59 bits per heavy atom. The molecule has 0 radical (unpaired) electrons. The molecule has 1 aliphatic heterocycles. The predicted molar refractivity (Wildman–Crippen MR) is 129 cm³/mol. The molecule has 2 aromatic heterocycles. The molecule has 1 saturated heterocycles. The van der Waals surface area contributed by atoms with E-state index in [4.69, 9.17) is 4.74 Å². The van der Waals surface area contributed by atoms with Crippen molar-refractivity contribution in [3.63, 3.8) is 0 Å². The van der Waals surface area contributed by atoms with Crippen molar-refractivity contribution in [3.8, 4) is 0 Å². The number of rotatable bonds is 6. The Morgan fingerprint density at radius 1 is 1.19 bits per heavy atom. The molecule has 0 spiro atoms. The molecule has 0 aliphatic carbocycles. The molecule has 1 N–H and O–H groups in total. The van der Waals surface area contributed by atoms with E-state index in [1.165, 1.54) is 11.3 Å². The smallest absolute Gasteiger partial charge is 0.266 e. The van der Waals surface area contributed by atoms with Gasteiger partial charge in [0.25, 0.3) is 5.91 Å². The summed E-state index contributed by atoms with van der Waals surface area (Å²) in [6, 6.07) is 11.8. The maximum Gasteiger partial charge on any atom is 0.266 e. The first-order valence-corrected chi connectivity index (χ1v) is 11.9. The van der Waals surface area contributed by atoms with Gasteiger partial charge in [-0.05, 0) is 37.5 Å². The summed E-state index contributed by atoms with van der Waals surface area (Å²) in [5.74, 6) is -0.439. The van der Waals surface area contributed by atoms with Gasteiger partial charge in [-0.2, -0.15) is 0 Å². The summed E-state index contributed by atoms with van der Waals surface area (Å²) >= 11 is 1.36. The highest BCUT2D eigenvalue weighted by atomic mass is 32.1. The van der Waals surface area contributed by atoms with Crippen molar-refractivity contribution in [1.29, 1.82) is 0 Å². The zero-order valence-electron chi connectivity index (χ0n) is 18.8. The van der Waals surface area contributed by atoms with Gasteiger partial charge in [-0.3, -0.25) is 9.59 Å². The molecule has 0 bridgehead atoms. The maximum atomic E-state index is 13.5. The van der Waals surface area contributed by atoms with E-state index in [1.807, 2.05) is 50.2 Å². The van der Waals surface area contributed by atoms with Crippen LogP contribution in [0.1, 0.15) is 52.2 Å². The number of nitrogens with zero attached hydrogens (tertiary/aromatic N) is 2. The molecule has 7 heteroatoms. The first-order chi connectivity index (χ1) is 15.5. The monoisotopic (exact) mass is 451 g/mol. The standard InChI is InChI=1S/C25H29N3O3S/c1-4-8-19(18-9-6-5-7-10-18)23(29)27-21-20-16(2)15-17(3)26-24(20)32-22(21)25(30)28-11-13-31-14-12-28/h5-7,9-10,15,19H,4,8,11-14H2,1-3H3,(H,27,29)/t19-/m1/s1. The average Bonchev–Trinajstić information content (AvgIpc) is 3.16. The molecule has 32 heavy (non-hydrogen) atoms. The molecule has 0 saturated carbocycles. The van der Waals surface area contributed by atoms with Crippen molar-refractivity contribution < 1.29 is 14.3 Å². The second-order valence-electron chi connectivity index (χ2n) is 8.21. The van der Waals surface area contributed by atoms with Crippen LogP contribution in [0, 0.1) is 13.8 Å². The molecule has 1 atom stereocenters. The van der Waals surface area contributed by atoms with Gasteiger partial charge in [-0.25, -0.2) is 4.98 Å². The first kappa shape index (κ1) is 22.4. The van der Waals surface area contributed by atoms with E-state index in [0.29, 0.717) is 36.9 Å². The van der Waals surface area contributed by atoms with Crippen LogP contribution in [0.5, 0.6) is 0 Å². The summed E-state index contributed by atoms with van der Waals surface area (Å²) in [5.41, 5.74) is 3.48. The summed E-state index contributed by atoms with van der Waals surface area (Å²) in [5, 5.41) is 4.01. The van der Waals surface area contributed by atoms with Crippen LogP contribution < -0.4 is 5.32 Å². The lowest BCUT2D eigenvalue weighted by molar-refractivity contribution is -0.117. The van der Waals surface area contributed by atoms with E-state index < -0.39 is 0 Å². The Balaban J connectivity index is 1.75. The minimum Gasteiger partial charge on any atom is -0.378 e. The number of morpholine rings is 1. The van der Waals surface area contributed by atoms with Crippen LogP contribution in [0.25, 0.3) is 10.2 Å². The number of aromatic nitrogens is 1. The van der Waals surface area contributed by atoms with Crippen LogP contribution in [0.2, 0.25) is 0 Å². The lowest BCUT2D eigenvalue weighted by atomic mass is 9.93. The van der Waals surface area contributed by atoms with Gasteiger partial charge < -0.3 is 15.0 Å². The Morgan fingerprint density at radius 2 is 1.91 bits per heavy atom. The molecular weight excluding hydrogens is 422 g/mol. The molecule has 3 aromatic rings. The van der Waals surface area contributed by atoms with Crippen molar-refractivity contribution >= 4 is 39.1 Å². The van der Waals surface area contributed by atoms with Crippen molar-refractivity contribution in [2.75, 3.05) is 31.6 Å². The second-order valence-corrected chi connectivity index (χ2v) is 9.21. The quantitative estimate of drug-likeness (QED) is 0.578. The van der Waals surface area contributed by atoms with Gasteiger partial charge in [-0.1, -0.05) is 43.7 Å². The van der Waals surface area contributed by atoms with Crippen molar-refractivity contribution in [3.05, 3.63) is 58.1 Å². The van der Waals surface area contributed by atoms with Crippen molar-refractivity contribution in [1.82, 2.24) is 9.88 Å². The summed E-state index contributed by atoms with van der Waals surface area (Å²) < 4.78 is 5.41. The Hall–Kier alpha value is -2.77. The highest BCUT2D eigenvalue weighted by molar-refractivity contribution is 7.21. The molecule has 1 aliphatic rings. The number of hydrogen-bond acceptors (Lipinski definition) is 5. The van der Waals surface area contributed by atoms with Gasteiger partial charge in [0.1, 0.15) is 9.71 Å². The van der Waals surface area contributed by atoms with E-state index in [9.17, 15) is 9.59 Å². The highest BCUT2D eigenvalue weighted by Crippen LogP contribution is 2.39. The normalized spacial score (nSPS) is 15.0. The number of anilines is 1. The van der Waals surface area contributed by atoms with Gasteiger partial charge in [0.2, 0.25) is 5.91 Å². The number of benzene rings is 1. The molecule has 2 amide bonds. The maximum absolute atomic E-state index is 13.5. The molecule has 1 aromatic carbocycles. The number of pyridine rings is 1. The number of fused-ring (bicyclic) bond motifs is 1. The topological polar surface area (TPSA) is 71.5 Å². The Kier molecular flexibility index (Phi) is 6.86. The number of carbonyl (C=O) groups is 2. The number of nitrogens with one attached hydrogen (secondary N) is 1. The van der Waals surface area contributed by atoms with Crippen LogP contribution in [0.3, 0.4) is 0 Å². The van der Waals surface area contributed by atoms with Gasteiger partial charge in [0.05, 0.1) is 24.8 Å². The van der Waals surface area contributed by atoms with Gasteiger partial charge in [0.15, 0.2) is 0 Å². The van der Waals surface area contributed by atoms with E-state index in [-0.39, 0.29) is 17.7 Å². The van der Waals surface area contributed by atoms with Gasteiger partial charge >= 0.3 is 0 Å². The number of ether oxygens (including phenoxy) is 1. The van der Waals surface area contributed by atoms with Crippen molar-refractivity contribution in [2.24, 2.45) is 0 Å². The first-order valence-electron chi connectivity index (χ1n) is 11.1. The molecular formula is C25H29N3O3S.